The summed E-state index contributed by atoms with van der Waals surface area (Å²) in [5, 5.41) is 10.2. The lowest BCUT2D eigenvalue weighted by atomic mass is 10.1. The van der Waals surface area contributed by atoms with E-state index in [1.807, 2.05) is 0 Å². The van der Waals surface area contributed by atoms with Gasteiger partial charge in [-0.1, -0.05) is 12.1 Å². The minimum Gasteiger partial charge on any atom is -0.550 e. The highest BCUT2D eigenvalue weighted by molar-refractivity contribution is 5.68. The number of aliphatic carboxylic acids is 1. The second-order valence-electron chi connectivity index (χ2n) is 2.74. The third-order valence-corrected chi connectivity index (χ3v) is 1.48. The van der Waals surface area contributed by atoms with Crippen LogP contribution >= 0.6 is 0 Å². The summed E-state index contributed by atoms with van der Waals surface area (Å²) >= 11 is 0. The Labute approximate surface area is 83.1 Å². The Bertz CT molecular complexity index is 360. The van der Waals surface area contributed by atoms with Gasteiger partial charge in [-0.2, -0.15) is 0 Å². The smallest absolute Gasteiger partial charge is 0.550 e. The molecule has 0 radical (unpaired) electrons. The van der Waals surface area contributed by atoms with Gasteiger partial charge in [0.25, 0.3) is 0 Å². The molecule has 0 N–H and O–H groups in total. The molecule has 0 aromatic heterocycles. The van der Waals surface area contributed by atoms with E-state index in [1.54, 1.807) is 0 Å². The summed E-state index contributed by atoms with van der Waals surface area (Å²) in [7, 11) is 0. The molecule has 1 rings (SSSR count). The van der Waals surface area contributed by atoms with Crippen LogP contribution < -0.4 is 9.84 Å². The molecule has 0 unspecified atom stereocenters. The molecular weight excluding hydrogens is 213 g/mol. The number of carboxylic acid groups (broad SMARTS) is 1. The molecule has 0 aliphatic heterocycles. The third-order valence-electron chi connectivity index (χ3n) is 1.48. The fourth-order valence-electron chi connectivity index (χ4n) is 1.02. The standard InChI is InChI=1S/C9H7F3O3/c10-9(11,12)15-7-3-1-2-6(4-7)5-8(13)14/h1-4H,5H2,(H,13,14)/p-1. The van der Waals surface area contributed by atoms with Crippen molar-refractivity contribution in [3.05, 3.63) is 29.8 Å². The maximum atomic E-state index is 11.8. The number of hydrogen-bond acceptors (Lipinski definition) is 3. The number of carbonyl (C=O) groups is 1. The van der Waals surface area contributed by atoms with Crippen LogP contribution in [0.1, 0.15) is 5.56 Å². The Balaban J connectivity index is 2.79. The van der Waals surface area contributed by atoms with Crippen LogP contribution in [-0.2, 0) is 11.2 Å². The minimum absolute atomic E-state index is 0.191. The predicted molar refractivity (Wildman–Crippen MR) is 41.8 cm³/mol. The van der Waals surface area contributed by atoms with Gasteiger partial charge in [-0.25, -0.2) is 0 Å². The van der Waals surface area contributed by atoms with Crippen LogP contribution in [0.2, 0.25) is 0 Å². The molecule has 82 valence electrons. The SMILES string of the molecule is O=C([O-])Cc1cccc(OC(F)(F)F)c1. The Kier molecular flexibility index (Phi) is 3.18. The molecule has 0 fully saturated rings. The van der Waals surface area contributed by atoms with Crippen molar-refractivity contribution in [1.29, 1.82) is 0 Å². The zero-order valence-electron chi connectivity index (χ0n) is 7.38. The van der Waals surface area contributed by atoms with Crippen LogP contribution in [0, 0.1) is 0 Å². The van der Waals surface area contributed by atoms with Crippen LogP contribution in [0.15, 0.2) is 24.3 Å². The second kappa shape index (κ2) is 4.20. The van der Waals surface area contributed by atoms with Gasteiger partial charge < -0.3 is 14.6 Å². The van der Waals surface area contributed by atoms with E-state index in [2.05, 4.69) is 4.74 Å². The largest absolute Gasteiger partial charge is 0.573 e. The van der Waals surface area contributed by atoms with E-state index >= 15 is 0 Å². The number of halogens is 3. The van der Waals surface area contributed by atoms with E-state index in [9.17, 15) is 23.1 Å². The lowest BCUT2D eigenvalue weighted by Gasteiger charge is -2.10. The van der Waals surface area contributed by atoms with E-state index in [4.69, 9.17) is 0 Å². The van der Waals surface area contributed by atoms with Gasteiger partial charge in [0.1, 0.15) is 5.75 Å². The highest BCUT2D eigenvalue weighted by Crippen LogP contribution is 2.23. The molecule has 0 heterocycles. The van der Waals surface area contributed by atoms with Crippen LogP contribution in [0.5, 0.6) is 5.75 Å². The highest BCUT2D eigenvalue weighted by atomic mass is 19.4. The first-order chi connectivity index (χ1) is 6.87. The van der Waals surface area contributed by atoms with Crippen LogP contribution in [-0.4, -0.2) is 12.3 Å². The first kappa shape index (κ1) is 11.4. The summed E-state index contributed by atoms with van der Waals surface area (Å²) in [4.78, 5) is 10.2. The summed E-state index contributed by atoms with van der Waals surface area (Å²) < 4.78 is 39.0. The first-order valence-electron chi connectivity index (χ1n) is 3.91. The Morgan fingerprint density at radius 2 is 2.07 bits per heavy atom. The molecule has 0 saturated carbocycles. The zero-order valence-corrected chi connectivity index (χ0v) is 7.38. The molecule has 0 bridgehead atoms. The van der Waals surface area contributed by atoms with E-state index in [0.29, 0.717) is 0 Å². The van der Waals surface area contributed by atoms with Crippen molar-refractivity contribution >= 4 is 5.97 Å². The van der Waals surface area contributed by atoms with Gasteiger partial charge in [-0.15, -0.1) is 13.2 Å². The van der Waals surface area contributed by atoms with Crippen molar-refractivity contribution in [3.63, 3.8) is 0 Å². The molecule has 3 nitrogen and oxygen atoms in total. The maximum Gasteiger partial charge on any atom is 0.573 e. The molecule has 0 saturated heterocycles. The Hall–Kier alpha value is -1.72. The minimum atomic E-state index is -4.78. The van der Waals surface area contributed by atoms with E-state index in [-0.39, 0.29) is 5.56 Å². The quantitative estimate of drug-likeness (QED) is 0.758. The van der Waals surface area contributed by atoms with Crippen LogP contribution in [0.3, 0.4) is 0 Å². The number of carboxylic acids is 1. The lowest BCUT2D eigenvalue weighted by Crippen LogP contribution is -2.24. The third kappa shape index (κ3) is 4.35. The molecular formula is C9H6F3O3-. The number of benzene rings is 1. The second-order valence-corrected chi connectivity index (χ2v) is 2.74. The molecule has 1 aromatic carbocycles. The van der Waals surface area contributed by atoms with Gasteiger partial charge in [0.05, 0.1) is 0 Å². The van der Waals surface area contributed by atoms with Gasteiger partial charge >= 0.3 is 6.36 Å². The van der Waals surface area contributed by atoms with Crippen LogP contribution in [0.4, 0.5) is 13.2 Å². The molecule has 15 heavy (non-hydrogen) atoms. The van der Waals surface area contributed by atoms with Gasteiger partial charge in [0.15, 0.2) is 0 Å². The summed E-state index contributed by atoms with van der Waals surface area (Å²) in [5.74, 6) is -1.81. The van der Waals surface area contributed by atoms with Crippen molar-refractivity contribution in [2.24, 2.45) is 0 Å². The molecule has 0 spiro atoms. The summed E-state index contributed by atoms with van der Waals surface area (Å²) in [6.07, 6.45) is -5.23. The molecule has 0 aliphatic carbocycles. The molecule has 6 heteroatoms. The van der Waals surface area contributed by atoms with E-state index in [1.165, 1.54) is 12.1 Å². The van der Waals surface area contributed by atoms with E-state index < -0.39 is 24.5 Å². The molecule has 0 atom stereocenters. The fraction of sp³-hybridized carbons (Fsp3) is 0.222. The van der Waals surface area contributed by atoms with Crippen LogP contribution in [0.25, 0.3) is 0 Å². The summed E-state index contributed by atoms with van der Waals surface area (Å²) in [6, 6.07) is 4.74. The number of carbonyl (C=O) groups excluding carboxylic acids is 1. The molecule has 0 amide bonds. The van der Waals surface area contributed by atoms with Crippen molar-refractivity contribution < 1.29 is 27.8 Å². The predicted octanol–water partition coefficient (Wildman–Crippen LogP) is 0.878. The van der Waals surface area contributed by atoms with E-state index in [0.717, 1.165) is 12.1 Å². The summed E-state index contributed by atoms with van der Waals surface area (Å²) in [5.41, 5.74) is 0.191. The number of ether oxygens (including phenoxy) is 1. The monoisotopic (exact) mass is 219 g/mol. The molecule has 1 aromatic rings. The van der Waals surface area contributed by atoms with Crippen molar-refractivity contribution in [1.82, 2.24) is 0 Å². The number of rotatable bonds is 3. The molecule has 0 aliphatic rings. The summed E-state index contributed by atoms with van der Waals surface area (Å²) in [6.45, 7) is 0. The number of alkyl halides is 3. The lowest BCUT2D eigenvalue weighted by molar-refractivity contribution is -0.304. The van der Waals surface area contributed by atoms with Gasteiger partial charge in [0.2, 0.25) is 0 Å². The average Bonchev–Trinajstić information content (AvgIpc) is 1.99. The zero-order chi connectivity index (χ0) is 11.5. The normalized spacial score (nSPS) is 11.1. The maximum absolute atomic E-state index is 11.8. The van der Waals surface area contributed by atoms with Gasteiger partial charge in [-0.3, -0.25) is 0 Å². The Morgan fingerprint density at radius 1 is 1.40 bits per heavy atom. The van der Waals surface area contributed by atoms with Crippen molar-refractivity contribution in [2.75, 3.05) is 0 Å². The highest BCUT2D eigenvalue weighted by Gasteiger charge is 2.31. The first-order valence-corrected chi connectivity index (χ1v) is 3.91. The number of hydrogen-bond donors (Lipinski definition) is 0. The topological polar surface area (TPSA) is 49.4 Å². The van der Waals surface area contributed by atoms with Gasteiger partial charge in [-0.05, 0) is 17.7 Å². The van der Waals surface area contributed by atoms with Crippen molar-refractivity contribution in [3.8, 4) is 5.75 Å². The fourth-order valence-corrected chi connectivity index (χ4v) is 1.02. The van der Waals surface area contributed by atoms with Crippen molar-refractivity contribution in [2.45, 2.75) is 12.8 Å². The Morgan fingerprint density at radius 3 is 2.60 bits per heavy atom. The average molecular weight is 219 g/mol. The van der Waals surface area contributed by atoms with Gasteiger partial charge in [0, 0.05) is 12.4 Å².